The molecule has 1 saturated heterocycles. The lowest BCUT2D eigenvalue weighted by molar-refractivity contribution is -0.145. The first kappa shape index (κ1) is 23.8. The Bertz CT molecular complexity index is 1050. The van der Waals surface area contributed by atoms with Crippen LogP contribution in [0, 0.1) is 6.92 Å². The highest BCUT2D eigenvalue weighted by atomic mass is 19.4. The number of carbonyl (C=O) groups excluding carboxylic acids is 1. The van der Waals surface area contributed by atoms with Crippen LogP contribution < -0.4 is 5.43 Å². The zero-order chi connectivity index (χ0) is 23.7. The topological polar surface area (TPSA) is 58.4 Å². The molecule has 1 amide bonds. The van der Waals surface area contributed by atoms with Gasteiger partial charge in [-0.2, -0.15) is 31.4 Å². The summed E-state index contributed by atoms with van der Waals surface area (Å²) in [7, 11) is 0. The van der Waals surface area contributed by atoms with Crippen molar-refractivity contribution in [2.24, 2.45) is 0 Å². The number of aryl methyl sites for hydroxylation is 1. The third kappa shape index (κ3) is 5.47. The van der Waals surface area contributed by atoms with E-state index in [1.54, 1.807) is 0 Å². The second-order valence-corrected chi connectivity index (χ2v) is 7.46. The summed E-state index contributed by atoms with van der Waals surface area (Å²) < 4.78 is 79.1. The van der Waals surface area contributed by atoms with Crippen LogP contribution in [0.15, 0.2) is 35.1 Å². The zero-order valence-corrected chi connectivity index (χ0v) is 17.0. The summed E-state index contributed by atoms with van der Waals surface area (Å²) >= 11 is 0. The van der Waals surface area contributed by atoms with E-state index >= 15 is 0 Å². The molecule has 6 nitrogen and oxygen atoms in total. The normalized spacial score (nSPS) is 16.2. The van der Waals surface area contributed by atoms with Crippen molar-refractivity contribution < 1.29 is 31.1 Å². The molecule has 1 aliphatic heterocycles. The Balaban J connectivity index is 1.92. The number of nitrogens with zero attached hydrogens (tertiary/aromatic N) is 4. The van der Waals surface area contributed by atoms with Gasteiger partial charge >= 0.3 is 12.4 Å². The van der Waals surface area contributed by atoms with E-state index in [9.17, 15) is 35.9 Å². The quantitative estimate of drug-likeness (QED) is 0.658. The van der Waals surface area contributed by atoms with Crippen molar-refractivity contribution in [3.63, 3.8) is 0 Å². The average molecular weight is 462 g/mol. The van der Waals surface area contributed by atoms with Gasteiger partial charge in [-0.25, -0.2) is 4.68 Å². The Morgan fingerprint density at radius 1 is 1.03 bits per heavy atom. The highest BCUT2D eigenvalue weighted by molar-refractivity contribution is 5.92. The molecule has 2 aromatic rings. The molecule has 1 aromatic heterocycles. The van der Waals surface area contributed by atoms with Gasteiger partial charge in [0.25, 0.3) is 5.91 Å². The van der Waals surface area contributed by atoms with Crippen LogP contribution >= 0.6 is 0 Å². The summed E-state index contributed by atoms with van der Waals surface area (Å²) in [6.45, 7) is 0.371. The summed E-state index contributed by atoms with van der Waals surface area (Å²) in [4.78, 5) is 27.7. The van der Waals surface area contributed by atoms with Gasteiger partial charge < -0.3 is 4.90 Å². The number of rotatable bonds is 3. The van der Waals surface area contributed by atoms with E-state index in [1.165, 1.54) is 30.0 Å². The van der Waals surface area contributed by atoms with Crippen molar-refractivity contribution >= 4 is 5.91 Å². The van der Waals surface area contributed by atoms with Crippen LogP contribution in [-0.4, -0.2) is 64.4 Å². The molecule has 174 valence electrons. The smallest absolute Gasteiger partial charge is 0.336 e. The van der Waals surface area contributed by atoms with Crippen LogP contribution in [0.25, 0.3) is 5.69 Å². The summed E-state index contributed by atoms with van der Waals surface area (Å²) in [6, 6.07) is 5.62. The van der Waals surface area contributed by atoms with Gasteiger partial charge in [0.1, 0.15) is 0 Å². The Labute approximate surface area is 179 Å². The highest BCUT2D eigenvalue weighted by Gasteiger charge is 2.35. The van der Waals surface area contributed by atoms with Crippen LogP contribution in [-0.2, 0) is 6.18 Å². The van der Waals surface area contributed by atoms with E-state index in [0.29, 0.717) is 0 Å². The lowest BCUT2D eigenvalue weighted by atomic mass is 10.1. The van der Waals surface area contributed by atoms with Crippen molar-refractivity contribution in [1.29, 1.82) is 0 Å². The molecule has 1 fully saturated rings. The van der Waals surface area contributed by atoms with Gasteiger partial charge in [0.15, 0.2) is 5.69 Å². The molecule has 0 spiro atoms. The molecular weight excluding hydrogens is 442 g/mol. The van der Waals surface area contributed by atoms with Gasteiger partial charge in [-0.15, -0.1) is 0 Å². The van der Waals surface area contributed by atoms with Gasteiger partial charge in [0.05, 0.1) is 17.8 Å². The molecule has 0 aliphatic carbocycles. The number of halogens is 6. The van der Waals surface area contributed by atoms with Gasteiger partial charge in [-0.3, -0.25) is 14.5 Å². The molecule has 3 rings (SSSR count). The van der Waals surface area contributed by atoms with Crippen molar-refractivity contribution in [3.8, 4) is 5.69 Å². The number of aromatic nitrogens is 2. The molecule has 0 atom stereocenters. The Morgan fingerprint density at radius 2 is 1.72 bits per heavy atom. The molecule has 0 N–H and O–H groups in total. The fourth-order valence-corrected chi connectivity index (χ4v) is 3.57. The summed E-state index contributed by atoms with van der Waals surface area (Å²) in [6.07, 6.45) is -8.82. The Kier molecular flexibility index (Phi) is 6.63. The molecule has 0 saturated carbocycles. The van der Waals surface area contributed by atoms with Gasteiger partial charge in [0, 0.05) is 37.9 Å². The number of alkyl halides is 6. The van der Waals surface area contributed by atoms with Crippen LogP contribution in [0.5, 0.6) is 0 Å². The van der Waals surface area contributed by atoms with Crippen LogP contribution in [0.4, 0.5) is 26.3 Å². The Hall–Kier alpha value is -2.89. The molecule has 2 heterocycles. The van der Waals surface area contributed by atoms with Crippen molar-refractivity contribution in [1.82, 2.24) is 19.6 Å². The van der Waals surface area contributed by atoms with Crippen LogP contribution in [0.3, 0.4) is 0 Å². The van der Waals surface area contributed by atoms with Crippen LogP contribution in [0.1, 0.15) is 28.2 Å². The van der Waals surface area contributed by atoms with E-state index in [0.717, 1.165) is 21.7 Å². The summed E-state index contributed by atoms with van der Waals surface area (Å²) in [5.74, 6) is -0.831. The molecule has 1 aliphatic rings. The SMILES string of the molecule is Cc1cc(=O)c(C(=O)N2CCCN(CC(F)(F)F)CC2)nn1-c1ccccc1C(F)(F)F. The zero-order valence-electron chi connectivity index (χ0n) is 17.0. The van der Waals surface area contributed by atoms with Gasteiger partial charge in [-0.1, -0.05) is 12.1 Å². The molecule has 0 radical (unpaired) electrons. The number of hydrogen-bond acceptors (Lipinski definition) is 4. The summed E-state index contributed by atoms with van der Waals surface area (Å²) in [5.41, 5.74) is -2.61. The predicted molar refractivity (Wildman–Crippen MR) is 103 cm³/mol. The molecule has 12 heteroatoms. The number of carbonyl (C=O) groups is 1. The third-order valence-corrected chi connectivity index (χ3v) is 5.03. The second-order valence-electron chi connectivity index (χ2n) is 7.46. The highest BCUT2D eigenvalue weighted by Crippen LogP contribution is 2.33. The van der Waals surface area contributed by atoms with Crippen molar-refractivity contribution in [2.45, 2.75) is 25.7 Å². The fraction of sp³-hybridized carbons (Fsp3) is 0.450. The minimum absolute atomic E-state index is 0.0534. The van der Waals surface area contributed by atoms with E-state index in [-0.39, 0.29) is 44.0 Å². The first-order chi connectivity index (χ1) is 14.9. The van der Waals surface area contributed by atoms with Crippen molar-refractivity contribution in [3.05, 3.63) is 57.5 Å². The third-order valence-electron chi connectivity index (χ3n) is 5.03. The number of benzene rings is 1. The fourth-order valence-electron chi connectivity index (χ4n) is 3.57. The molecule has 0 bridgehead atoms. The van der Waals surface area contributed by atoms with E-state index in [1.807, 2.05) is 0 Å². The maximum absolute atomic E-state index is 13.4. The van der Waals surface area contributed by atoms with Gasteiger partial charge in [-0.05, 0) is 25.5 Å². The van der Waals surface area contributed by atoms with E-state index < -0.39 is 41.5 Å². The monoisotopic (exact) mass is 462 g/mol. The minimum Gasteiger partial charge on any atom is -0.336 e. The molecule has 0 unspecified atom stereocenters. The number of amides is 1. The van der Waals surface area contributed by atoms with E-state index in [2.05, 4.69) is 5.10 Å². The first-order valence-electron chi connectivity index (χ1n) is 9.73. The number of hydrogen-bond donors (Lipinski definition) is 0. The van der Waals surface area contributed by atoms with Crippen LogP contribution in [0.2, 0.25) is 0 Å². The minimum atomic E-state index is -4.69. The lowest BCUT2D eigenvalue weighted by Crippen LogP contribution is -2.40. The Morgan fingerprint density at radius 3 is 2.38 bits per heavy atom. The largest absolute Gasteiger partial charge is 0.418 e. The number of para-hydroxylation sites is 1. The van der Waals surface area contributed by atoms with E-state index in [4.69, 9.17) is 0 Å². The standard InChI is InChI=1S/C20H20F6N4O2/c1-13-11-16(31)17(27-30(13)15-6-3-2-5-14(15)20(24,25)26)18(32)29-8-4-7-28(9-10-29)12-19(21,22)23/h2-3,5-6,11H,4,7-10,12H2,1H3. The molecule has 32 heavy (non-hydrogen) atoms. The average Bonchev–Trinajstić information content (AvgIpc) is 2.91. The van der Waals surface area contributed by atoms with Gasteiger partial charge in [0.2, 0.25) is 5.43 Å². The summed E-state index contributed by atoms with van der Waals surface area (Å²) in [5, 5.41) is 3.92. The maximum atomic E-state index is 13.4. The first-order valence-corrected chi connectivity index (χ1v) is 9.73. The maximum Gasteiger partial charge on any atom is 0.418 e. The molecular formula is C20H20F6N4O2. The predicted octanol–water partition coefficient (Wildman–Crippen LogP) is 3.27. The second kappa shape index (κ2) is 8.93. The molecule has 1 aromatic carbocycles. The van der Waals surface area contributed by atoms with Crippen molar-refractivity contribution in [2.75, 3.05) is 32.7 Å². The lowest BCUT2D eigenvalue weighted by Gasteiger charge is -2.23.